The molecule has 0 spiro atoms. The van der Waals surface area contributed by atoms with Gasteiger partial charge in [-0.15, -0.1) is 0 Å². The molecule has 0 radical (unpaired) electrons. The van der Waals surface area contributed by atoms with Crippen molar-refractivity contribution in [2.75, 3.05) is 32.4 Å². The lowest BCUT2D eigenvalue weighted by Crippen LogP contribution is -2.64. The average Bonchev–Trinajstić information content (AvgIpc) is 2.68. The predicted octanol–water partition coefficient (Wildman–Crippen LogP) is -0.566. The maximum atomic E-state index is 13.1. The first-order valence-electron chi connectivity index (χ1n) is 10.1. The number of sulfonamides is 1. The van der Waals surface area contributed by atoms with Crippen LogP contribution in [0.4, 0.5) is 0 Å². The number of nitrogens with zero attached hydrogens (tertiary/aromatic N) is 2. The molecular formula is C18H30N4O5S. The second kappa shape index (κ2) is 8.77. The lowest BCUT2D eigenvalue weighted by atomic mass is 9.87. The number of nitrogens with one attached hydrogen (secondary N) is 2. The van der Waals surface area contributed by atoms with Crippen molar-refractivity contribution in [3.63, 3.8) is 0 Å². The van der Waals surface area contributed by atoms with Crippen molar-refractivity contribution in [2.45, 2.75) is 57.0 Å². The van der Waals surface area contributed by atoms with Crippen LogP contribution in [0.2, 0.25) is 0 Å². The largest absolute Gasteiger partial charge is 0.354 e. The zero-order valence-corrected chi connectivity index (χ0v) is 17.2. The Labute approximate surface area is 166 Å². The van der Waals surface area contributed by atoms with E-state index in [0.717, 1.165) is 44.8 Å². The number of carbonyl (C=O) groups excluding carboxylic acids is 3. The van der Waals surface area contributed by atoms with Gasteiger partial charge in [0.1, 0.15) is 12.1 Å². The van der Waals surface area contributed by atoms with Gasteiger partial charge in [-0.2, -0.15) is 4.31 Å². The molecule has 10 heteroatoms. The van der Waals surface area contributed by atoms with Crippen LogP contribution < -0.4 is 10.6 Å². The Balaban J connectivity index is 1.76. The van der Waals surface area contributed by atoms with Gasteiger partial charge in [0.15, 0.2) is 0 Å². The highest BCUT2D eigenvalue weighted by atomic mass is 32.2. The number of rotatable bonds is 4. The molecule has 2 N–H and O–H groups in total. The molecule has 28 heavy (non-hydrogen) atoms. The van der Waals surface area contributed by atoms with E-state index in [4.69, 9.17) is 0 Å². The molecular weight excluding hydrogens is 384 g/mol. The van der Waals surface area contributed by atoms with Crippen molar-refractivity contribution >= 4 is 27.7 Å². The summed E-state index contributed by atoms with van der Waals surface area (Å²) < 4.78 is 25.2. The summed E-state index contributed by atoms with van der Waals surface area (Å²) in [5.74, 6) is -0.868. The van der Waals surface area contributed by atoms with E-state index in [-0.39, 0.29) is 37.4 Å². The first-order chi connectivity index (χ1) is 13.3. The van der Waals surface area contributed by atoms with Crippen LogP contribution in [0.25, 0.3) is 0 Å². The van der Waals surface area contributed by atoms with Gasteiger partial charge in [0, 0.05) is 32.1 Å². The third kappa shape index (κ3) is 4.83. The van der Waals surface area contributed by atoms with E-state index in [2.05, 4.69) is 10.6 Å². The Kier molecular flexibility index (Phi) is 6.59. The minimum absolute atomic E-state index is 0.0684. The monoisotopic (exact) mass is 414 g/mol. The fraction of sp³-hybridized carbons (Fsp3) is 0.833. The van der Waals surface area contributed by atoms with Crippen molar-refractivity contribution in [2.24, 2.45) is 5.92 Å². The summed E-state index contributed by atoms with van der Waals surface area (Å²) >= 11 is 0. The molecule has 2 heterocycles. The van der Waals surface area contributed by atoms with Crippen LogP contribution in [0.5, 0.6) is 0 Å². The number of hydrogen-bond acceptors (Lipinski definition) is 5. The third-order valence-corrected chi connectivity index (χ3v) is 7.22. The number of carbonyl (C=O) groups is 3. The molecule has 3 fully saturated rings. The molecule has 0 aromatic heterocycles. The molecule has 1 aliphatic carbocycles. The quantitative estimate of drug-likeness (QED) is 0.639. The molecule has 0 aromatic carbocycles. The van der Waals surface area contributed by atoms with Crippen molar-refractivity contribution < 1.29 is 22.8 Å². The van der Waals surface area contributed by atoms with E-state index in [1.54, 1.807) is 0 Å². The predicted molar refractivity (Wildman–Crippen MR) is 103 cm³/mol. The van der Waals surface area contributed by atoms with E-state index >= 15 is 0 Å². The highest BCUT2D eigenvalue weighted by Gasteiger charge is 2.41. The van der Waals surface area contributed by atoms with Crippen LogP contribution in [0, 0.1) is 5.92 Å². The zero-order valence-electron chi connectivity index (χ0n) is 16.4. The van der Waals surface area contributed by atoms with E-state index < -0.39 is 28.0 Å². The van der Waals surface area contributed by atoms with E-state index in [1.165, 1.54) is 9.21 Å². The van der Waals surface area contributed by atoms with Gasteiger partial charge in [0.05, 0.1) is 6.26 Å². The second-order valence-corrected chi connectivity index (χ2v) is 9.98. The summed E-state index contributed by atoms with van der Waals surface area (Å²) in [5, 5.41) is 5.45. The summed E-state index contributed by atoms with van der Waals surface area (Å²) in [6, 6.07) is -1.55. The number of amides is 3. The molecule has 2 aliphatic heterocycles. The molecule has 3 aliphatic rings. The molecule has 3 amide bonds. The number of piperidine rings is 1. The molecule has 2 atom stereocenters. The SMILES string of the molecule is CS(=O)(=O)N1CCN(C(=O)C2CCCCC2)C(C(=O)NC2CCCNC2=O)C1. The lowest BCUT2D eigenvalue weighted by Gasteiger charge is -2.41. The van der Waals surface area contributed by atoms with Gasteiger partial charge < -0.3 is 15.5 Å². The Bertz CT molecular complexity index is 719. The van der Waals surface area contributed by atoms with Crippen molar-refractivity contribution in [3.8, 4) is 0 Å². The minimum Gasteiger partial charge on any atom is -0.354 e. The zero-order chi connectivity index (χ0) is 20.3. The second-order valence-electron chi connectivity index (χ2n) is 8.00. The fourth-order valence-corrected chi connectivity index (χ4v) is 5.13. The van der Waals surface area contributed by atoms with Crippen LogP contribution in [0.3, 0.4) is 0 Å². The standard InChI is InChI=1S/C18H30N4O5S/c1-28(26,27)21-10-11-22(18(25)13-6-3-2-4-7-13)15(12-21)17(24)20-14-8-5-9-19-16(14)23/h13-15H,2-12H2,1H3,(H,19,23)(H,20,24). The Morgan fingerprint density at radius 3 is 2.43 bits per heavy atom. The lowest BCUT2D eigenvalue weighted by molar-refractivity contribution is -0.147. The number of piperazine rings is 1. The third-order valence-electron chi connectivity index (χ3n) is 5.95. The van der Waals surface area contributed by atoms with Gasteiger partial charge in [-0.3, -0.25) is 14.4 Å². The van der Waals surface area contributed by atoms with Crippen LogP contribution in [0.15, 0.2) is 0 Å². The summed E-state index contributed by atoms with van der Waals surface area (Å²) in [6.07, 6.45) is 7.15. The highest BCUT2D eigenvalue weighted by Crippen LogP contribution is 2.27. The summed E-state index contributed by atoms with van der Waals surface area (Å²) in [7, 11) is -3.47. The first-order valence-corrected chi connectivity index (χ1v) is 12.0. The molecule has 9 nitrogen and oxygen atoms in total. The smallest absolute Gasteiger partial charge is 0.244 e. The maximum absolute atomic E-state index is 13.1. The van der Waals surface area contributed by atoms with Gasteiger partial charge >= 0.3 is 0 Å². The van der Waals surface area contributed by atoms with E-state index in [0.29, 0.717) is 13.0 Å². The van der Waals surface area contributed by atoms with Crippen LogP contribution in [0.1, 0.15) is 44.9 Å². The van der Waals surface area contributed by atoms with Gasteiger partial charge in [-0.25, -0.2) is 8.42 Å². The Morgan fingerprint density at radius 2 is 1.79 bits per heavy atom. The first kappa shape index (κ1) is 21.0. The molecule has 0 aromatic rings. The molecule has 3 rings (SSSR count). The number of hydrogen-bond donors (Lipinski definition) is 2. The topological polar surface area (TPSA) is 116 Å². The molecule has 2 unspecified atom stereocenters. The fourth-order valence-electron chi connectivity index (χ4n) is 4.31. The van der Waals surface area contributed by atoms with E-state index in [1.807, 2.05) is 0 Å². The van der Waals surface area contributed by atoms with Crippen molar-refractivity contribution in [1.29, 1.82) is 0 Å². The highest BCUT2D eigenvalue weighted by molar-refractivity contribution is 7.88. The van der Waals surface area contributed by atoms with Crippen LogP contribution >= 0.6 is 0 Å². The minimum atomic E-state index is -3.47. The van der Waals surface area contributed by atoms with Crippen LogP contribution in [-0.4, -0.2) is 79.9 Å². The average molecular weight is 415 g/mol. The summed E-state index contributed by atoms with van der Waals surface area (Å²) in [6.45, 7) is 0.891. The molecule has 0 bridgehead atoms. The van der Waals surface area contributed by atoms with Gasteiger partial charge in [0.25, 0.3) is 0 Å². The normalized spacial score (nSPS) is 27.9. The van der Waals surface area contributed by atoms with Crippen LogP contribution in [-0.2, 0) is 24.4 Å². The summed E-state index contributed by atoms with van der Waals surface area (Å²) in [4.78, 5) is 39.6. The maximum Gasteiger partial charge on any atom is 0.244 e. The molecule has 1 saturated carbocycles. The molecule has 2 saturated heterocycles. The Hall–Kier alpha value is -1.68. The van der Waals surface area contributed by atoms with Gasteiger partial charge in [0.2, 0.25) is 27.7 Å². The summed E-state index contributed by atoms with van der Waals surface area (Å²) in [5.41, 5.74) is 0. The van der Waals surface area contributed by atoms with E-state index in [9.17, 15) is 22.8 Å². The Morgan fingerprint density at radius 1 is 1.07 bits per heavy atom. The van der Waals surface area contributed by atoms with Gasteiger partial charge in [-0.05, 0) is 25.7 Å². The van der Waals surface area contributed by atoms with Crippen molar-refractivity contribution in [3.05, 3.63) is 0 Å². The molecule has 158 valence electrons. The van der Waals surface area contributed by atoms with Crippen molar-refractivity contribution in [1.82, 2.24) is 19.8 Å². The van der Waals surface area contributed by atoms with Gasteiger partial charge in [-0.1, -0.05) is 19.3 Å².